The lowest BCUT2D eigenvalue weighted by Crippen LogP contribution is -2.35. The summed E-state index contributed by atoms with van der Waals surface area (Å²) < 4.78 is 26.9. The molecule has 0 saturated carbocycles. The summed E-state index contributed by atoms with van der Waals surface area (Å²) in [6, 6.07) is 7.41. The fraction of sp³-hybridized carbons (Fsp3) is 0.600. The Morgan fingerprint density at radius 1 is 1.30 bits per heavy atom. The molecular formula is C15H22ClNO2S. The predicted octanol–water partition coefficient (Wildman–Crippen LogP) is 3.42. The first-order valence-corrected chi connectivity index (χ1v) is 9.23. The van der Waals surface area contributed by atoms with Gasteiger partial charge < -0.3 is 0 Å². The fourth-order valence-corrected chi connectivity index (χ4v) is 4.67. The van der Waals surface area contributed by atoms with Crippen molar-refractivity contribution in [3.8, 4) is 0 Å². The number of aryl methyl sites for hydroxylation is 1. The topological polar surface area (TPSA) is 37.4 Å². The molecule has 20 heavy (non-hydrogen) atoms. The van der Waals surface area contributed by atoms with Crippen LogP contribution >= 0.6 is 11.6 Å². The highest BCUT2D eigenvalue weighted by Gasteiger charge is 2.33. The van der Waals surface area contributed by atoms with E-state index < -0.39 is 10.0 Å². The molecule has 1 heterocycles. The SMILES string of the molecule is CCC1CCCN1S(=O)(=O)c1ccc(CCCCl)cc1. The van der Waals surface area contributed by atoms with Crippen LogP contribution in [0.25, 0.3) is 0 Å². The Balaban J connectivity index is 2.17. The van der Waals surface area contributed by atoms with Gasteiger partial charge >= 0.3 is 0 Å². The van der Waals surface area contributed by atoms with Crippen LogP contribution in [0.15, 0.2) is 29.2 Å². The molecular weight excluding hydrogens is 294 g/mol. The minimum atomic E-state index is -3.33. The van der Waals surface area contributed by atoms with Gasteiger partial charge in [-0.3, -0.25) is 0 Å². The van der Waals surface area contributed by atoms with Crippen LogP contribution in [-0.4, -0.2) is 31.2 Å². The maximum Gasteiger partial charge on any atom is 0.243 e. The van der Waals surface area contributed by atoms with Crippen molar-refractivity contribution < 1.29 is 8.42 Å². The smallest absolute Gasteiger partial charge is 0.207 e. The second-order valence-electron chi connectivity index (χ2n) is 5.26. The quantitative estimate of drug-likeness (QED) is 0.754. The first kappa shape index (κ1) is 15.8. The van der Waals surface area contributed by atoms with Gasteiger partial charge in [0, 0.05) is 18.5 Å². The first-order valence-electron chi connectivity index (χ1n) is 7.26. The van der Waals surface area contributed by atoms with E-state index in [1.165, 1.54) is 0 Å². The summed E-state index contributed by atoms with van der Waals surface area (Å²) in [4.78, 5) is 0.410. The Morgan fingerprint density at radius 2 is 2.00 bits per heavy atom. The number of hydrogen-bond donors (Lipinski definition) is 0. The highest BCUT2D eigenvalue weighted by Crippen LogP contribution is 2.27. The van der Waals surface area contributed by atoms with E-state index in [0.29, 0.717) is 17.3 Å². The molecule has 0 radical (unpaired) electrons. The zero-order valence-electron chi connectivity index (χ0n) is 11.9. The number of nitrogens with zero attached hydrogens (tertiary/aromatic N) is 1. The van der Waals surface area contributed by atoms with E-state index in [-0.39, 0.29) is 6.04 Å². The van der Waals surface area contributed by atoms with Crippen molar-refractivity contribution in [2.24, 2.45) is 0 Å². The summed E-state index contributed by atoms with van der Waals surface area (Å²) in [5, 5.41) is 0. The van der Waals surface area contributed by atoms with E-state index in [0.717, 1.165) is 37.7 Å². The van der Waals surface area contributed by atoms with Crippen LogP contribution in [-0.2, 0) is 16.4 Å². The molecule has 0 bridgehead atoms. The van der Waals surface area contributed by atoms with Crippen molar-refractivity contribution in [2.45, 2.75) is 50.0 Å². The number of hydrogen-bond acceptors (Lipinski definition) is 2. The molecule has 2 rings (SSSR count). The molecule has 0 aromatic heterocycles. The minimum absolute atomic E-state index is 0.163. The van der Waals surface area contributed by atoms with Gasteiger partial charge in [-0.15, -0.1) is 11.6 Å². The Bertz CT molecular complexity index is 527. The van der Waals surface area contributed by atoms with Gasteiger partial charge in [0.1, 0.15) is 0 Å². The molecule has 3 nitrogen and oxygen atoms in total. The van der Waals surface area contributed by atoms with Crippen molar-refractivity contribution in [3.05, 3.63) is 29.8 Å². The van der Waals surface area contributed by atoms with Crippen LogP contribution in [0.1, 0.15) is 38.2 Å². The molecule has 1 unspecified atom stereocenters. The molecule has 1 atom stereocenters. The van der Waals surface area contributed by atoms with Gasteiger partial charge in [0.15, 0.2) is 0 Å². The average Bonchev–Trinajstić information content (AvgIpc) is 2.95. The number of rotatable bonds is 6. The van der Waals surface area contributed by atoms with Gasteiger partial charge in [0.2, 0.25) is 10.0 Å². The number of benzene rings is 1. The highest BCUT2D eigenvalue weighted by molar-refractivity contribution is 7.89. The molecule has 0 N–H and O–H groups in total. The standard InChI is InChI=1S/C15H22ClNO2S/c1-2-14-6-4-12-17(14)20(18,19)15-9-7-13(8-10-15)5-3-11-16/h7-10,14H,2-6,11-12H2,1H3. The third-order valence-electron chi connectivity index (χ3n) is 3.92. The van der Waals surface area contributed by atoms with Crippen LogP contribution in [0.2, 0.25) is 0 Å². The van der Waals surface area contributed by atoms with Crippen LogP contribution < -0.4 is 0 Å². The zero-order valence-corrected chi connectivity index (χ0v) is 13.5. The molecule has 0 spiro atoms. The lowest BCUT2D eigenvalue weighted by molar-refractivity contribution is 0.379. The summed E-state index contributed by atoms with van der Waals surface area (Å²) in [6.07, 6.45) is 4.63. The van der Waals surface area contributed by atoms with E-state index in [1.807, 2.05) is 19.1 Å². The van der Waals surface area contributed by atoms with E-state index in [9.17, 15) is 8.42 Å². The molecule has 0 amide bonds. The summed E-state index contributed by atoms with van der Waals surface area (Å²) in [5.41, 5.74) is 1.14. The normalized spacial score (nSPS) is 20.4. The third kappa shape index (κ3) is 3.35. The van der Waals surface area contributed by atoms with Crippen molar-refractivity contribution in [1.82, 2.24) is 4.31 Å². The van der Waals surface area contributed by atoms with E-state index in [4.69, 9.17) is 11.6 Å². The summed E-state index contributed by atoms with van der Waals surface area (Å²) >= 11 is 5.67. The van der Waals surface area contributed by atoms with Gasteiger partial charge in [-0.2, -0.15) is 4.31 Å². The van der Waals surface area contributed by atoms with Crippen molar-refractivity contribution in [1.29, 1.82) is 0 Å². The summed E-state index contributed by atoms with van der Waals surface area (Å²) in [7, 11) is -3.33. The molecule has 1 aliphatic rings. The van der Waals surface area contributed by atoms with Crippen LogP contribution in [0.4, 0.5) is 0 Å². The second-order valence-corrected chi connectivity index (χ2v) is 7.53. The lowest BCUT2D eigenvalue weighted by atomic mass is 10.1. The minimum Gasteiger partial charge on any atom is -0.207 e. The Hall–Kier alpha value is -0.580. The number of alkyl halides is 1. The van der Waals surface area contributed by atoms with Crippen molar-refractivity contribution in [3.63, 3.8) is 0 Å². The Kier molecular flexibility index (Phi) is 5.47. The third-order valence-corrected chi connectivity index (χ3v) is 6.16. The Labute approximate surface area is 127 Å². The highest BCUT2D eigenvalue weighted by atomic mass is 35.5. The van der Waals surface area contributed by atoms with Crippen LogP contribution in [0.5, 0.6) is 0 Å². The number of halogens is 1. The lowest BCUT2D eigenvalue weighted by Gasteiger charge is -2.23. The van der Waals surface area contributed by atoms with E-state index in [1.54, 1.807) is 16.4 Å². The molecule has 1 aromatic carbocycles. The fourth-order valence-electron chi connectivity index (χ4n) is 2.77. The van der Waals surface area contributed by atoms with Crippen molar-refractivity contribution in [2.75, 3.05) is 12.4 Å². The van der Waals surface area contributed by atoms with Gasteiger partial charge in [0.25, 0.3) is 0 Å². The Morgan fingerprint density at radius 3 is 2.60 bits per heavy atom. The van der Waals surface area contributed by atoms with E-state index in [2.05, 4.69) is 0 Å². The molecule has 1 fully saturated rings. The van der Waals surface area contributed by atoms with E-state index >= 15 is 0 Å². The maximum atomic E-state index is 12.6. The molecule has 1 aliphatic heterocycles. The predicted molar refractivity (Wildman–Crippen MR) is 82.7 cm³/mol. The van der Waals surface area contributed by atoms with Gasteiger partial charge in [-0.05, 0) is 49.8 Å². The second kappa shape index (κ2) is 6.92. The van der Waals surface area contributed by atoms with Gasteiger partial charge in [-0.25, -0.2) is 8.42 Å². The maximum absolute atomic E-state index is 12.6. The monoisotopic (exact) mass is 315 g/mol. The molecule has 0 aliphatic carbocycles. The number of sulfonamides is 1. The molecule has 1 aromatic rings. The summed E-state index contributed by atoms with van der Waals surface area (Å²) in [6.45, 7) is 2.70. The van der Waals surface area contributed by atoms with Gasteiger partial charge in [-0.1, -0.05) is 19.1 Å². The largest absolute Gasteiger partial charge is 0.243 e. The van der Waals surface area contributed by atoms with Crippen molar-refractivity contribution >= 4 is 21.6 Å². The van der Waals surface area contributed by atoms with Crippen LogP contribution in [0, 0.1) is 0 Å². The van der Waals surface area contributed by atoms with Crippen LogP contribution in [0.3, 0.4) is 0 Å². The average molecular weight is 316 g/mol. The molecule has 5 heteroatoms. The molecule has 112 valence electrons. The zero-order chi connectivity index (χ0) is 14.6. The molecule has 1 saturated heterocycles. The first-order chi connectivity index (χ1) is 9.59. The summed E-state index contributed by atoms with van der Waals surface area (Å²) in [5.74, 6) is 0.631. The van der Waals surface area contributed by atoms with Gasteiger partial charge in [0.05, 0.1) is 4.90 Å².